The molecule has 7 nitrogen and oxygen atoms in total. The second kappa shape index (κ2) is 6.37. The Labute approximate surface area is 131 Å². The standard InChI is InChI=1S/C14H24N4O3S/c1-11-9-12(2)18(15-11)10-14(19)17-7-5-13(6-8-17)16(3)22(4,20)21/h9,13H,5-8,10H2,1-4H3. The maximum Gasteiger partial charge on any atom is 0.244 e. The van der Waals surface area contributed by atoms with Gasteiger partial charge in [-0.15, -0.1) is 0 Å². The van der Waals surface area contributed by atoms with Gasteiger partial charge in [0.2, 0.25) is 15.9 Å². The molecule has 0 N–H and O–H groups in total. The van der Waals surface area contributed by atoms with E-state index in [0.29, 0.717) is 25.9 Å². The van der Waals surface area contributed by atoms with Crippen molar-refractivity contribution in [3.05, 3.63) is 17.5 Å². The van der Waals surface area contributed by atoms with Crippen LogP contribution in [-0.2, 0) is 21.4 Å². The number of hydrogen-bond donors (Lipinski definition) is 0. The van der Waals surface area contributed by atoms with E-state index in [2.05, 4.69) is 5.10 Å². The van der Waals surface area contributed by atoms with Crippen molar-refractivity contribution in [1.82, 2.24) is 19.0 Å². The van der Waals surface area contributed by atoms with Crippen molar-refractivity contribution >= 4 is 15.9 Å². The average molecular weight is 328 g/mol. The fourth-order valence-corrected chi connectivity index (χ4v) is 3.57. The van der Waals surface area contributed by atoms with Gasteiger partial charge < -0.3 is 4.90 Å². The maximum atomic E-state index is 12.3. The summed E-state index contributed by atoms with van der Waals surface area (Å²) < 4.78 is 26.2. The number of aromatic nitrogens is 2. The van der Waals surface area contributed by atoms with Crippen molar-refractivity contribution in [3.63, 3.8) is 0 Å². The number of amides is 1. The Kier molecular flexibility index (Phi) is 4.91. The molecule has 0 aliphatic carbocycles. The Morgan fingerprint density at radius 1 is 1.36 bits per heavy atom. The first kappa shape index (κ1) is 17.0. The van der Waals surface area contributed by atoms with Crippen molar-refractivity contribution in [1.29, 1.82) is 0 Å². The molecular weight excluding hydrogens is 304 g/mol. The van der Waals surface area contributed by atoms with Crippen LogP contribution in [-0.4, -0.2) is 65.7 Å². The van der Waals surface area contributed by atoms with Crippen LogP contribution in [0.3, 0.4) is 0 Å². The Balaban J connectivity index is 1.91. The summed E-state index contributed by atoms with van der Waals surface area (Å²) >= 11 is 0. The fraction of sp³-hybridized carbons (Fsp3) is 0.714. The van der Waals surface area contributed by atoms with Crippen molar-refractivity contribution in [2.45, 2.75) is 39.3 Å². The normalized spacial score (nSPS) is 17.2. The molecule has 0 unspecified atom stereocenters. The number of sulfonamides is 1. The minimum atomic E-state index is -3.18. The zero-order chi connectivity index (χ0) is 16.5. The van der Waals surface area contributed by atoms with Gasteiger partial charge in [-0.1, -0.05) is 0 Å². The second-order valence-corrected chi connectivity index (χ2v) is 8.02. The van der Waals surface area contributed by atoms with Crippen LogP contribution in [0.4, 0.5) is 0 Å². The Hall–Kier alpha value is -1.41. The van der Waals surface area contributed by atoms with E-state index in [1.807, 2.05) is 19.9 Å². The highest BCUT2D eigenvalue weighted by atomic mass is 32.2. The van der Waals surface area contributed by atoms with E-state index >= 15 is 0 Å². The number of aryl methyl sites for hydroxylation is 2. The van der Waals surface area contributed by atoms with Crippen LogP contribution in [0.15, 0.2) is 6.07 Å². The lowest BCUT2D eigenvalue weighted by atomic mass is 10.1. The minimum Gasteiger partial charge on any atom is -0.341 e. The first-order valence-corrected chi connectivity index (χ1v) is 9.25. The van der Waals surface area contributed by atoms with Crippen LogP contribution in [0.5, 0.6) is 0 Å². The van der Waals surface area contributed by atoms with Gasteiger partial charge in [-0.25, -0.2) is 12.7 Å². The van der Waals surface area contributed by atoms with Gasteiger partial charge in [-0.3, -0.25) is 9.48 Å². The fourth-order valence-electron chi connectivity index (χ4n) is 2.81. The van der Waals surface area contributed by atoms with E-state index in [1.165, 1.54) is 10.6 Å². The molecule has 0 spiro atoms. The lowest BCUT2D eigenvalue weighted by Gasteiger charge is -2.35. The number of nitrogens with zero attached hydrogens (tertiary/aromatic N) is 4. The van der Waals surface area contributed by atoms with Gasteiger partial charge in [-0.05, 0) is 32.8 Å². The van der Waals surface area contributed by atoms with Crippen LogP contribution in [0.1, 0.15) is 24.2 Å². The summed E-state index contributed by atoms with van der Waals surface area (Å²) in [6, 6.07) is 1.92. The monoisotopic (exact) mass is 328 g/mol. The van der Waals surface area contributed by atoms with E-state index in [9.17, 15) is 13.2 Å². The number of likely N-dealkylation sites (tertiary alicyclic amines) is 1. The summed E-state index contributed by atoms with van der Waals surface area (Å²) in [6.45, 7) is 5.25. The topological polar surface area (TPSA) is 75.5 Å². The third kappa shape index (κ3) is 3.86. The number of carbonyl (C=O) groups is 1. The first-order valence-electron chi connectivity index (χ1n) is 7.40. The Morgan fingerprint density at radius 3 is 2.41 bits per heavy atom. The molecule has 22 heavy (non-hydrogen) atoms. The molecule has 1 amide bonds. The molecule has 0 aromatic carbocycles. The highest BCUT2D eigenvalue weighted by molar-refractivity contribution is 7.88. The average Bonchev–Trinajstić information content (AvgIpc) is 2.75. The zero-order valence-electron chi connectivity index (χ0n) is 13.6. The van der Waals surface area contributed by atoms with Crippen LogP contribution in [0, 0.1) is 13.8 Å². The molecule has 1 saturated heterocycles. The molecule has 124 valence electrons. The molecule has 8 heteroatoms. The van der Waals surface area contributed by atoms with E-state index in [4.69, 9.17) is 0 Å². The molecule has 0 atom stereocenters. The van der Waals surface area contributed by atoms with Gasteiger partial charge in [0.15, 0.2) is 0 Å². The number of rotatable bonds is 4. The van der Waals surface area contributed by atoms with E-state index in [0.717, 1.165) is 11.4 Å². The molecule has 1 aliphatic rings. The highest BCUT2D eigenvalue weighted by Gasteiger charge is 2.29. The number of carbonyl (C=O) groups excluding carboxylic acids is 1. The third-order valence-electron chi connectivity index (χ3n) is 4.24. The predicted molar refractivity (Wildman–Crippen MR) is 83.9 cm³/mol. The molecule has 2 rings (SSSR count). The van der Waals surface area contributed by atoms with Crippen molar-refractivity contribution in [3.8, 4) is 0 Å². The minimum absolute atomic E-state index is 0.0206. The van der Waals surface area contributed by atoms with Crippen LogP contribution >= 0.6 is 0 Å². The van der Waals surface area contributed by atoms with Crippen LogP contribution < -0.4 is 0 Å². The van der Waals surface area contributed by atoms with Crippen LogP contribution in [0.25, 0.3) is 0 Å². The van der Waals surface area contributed by atoms with Gasteiger partial charge in [-0.2, -0.15) is 5.10 Å². The smallest absolute Gasteiger partial charge is 0.244 e. The maximum absolute atomic E-state index is 12.3. The highest BCUT2D eigenvalue weighted by Crippen LogP contribution is 2.18. The molecule has 1 aromatic rings. The lowest BCUT2D eigenvalue weighted by Crippen LogP contribution is -2.47. The third-order valence-corrected chi connectivity index (χ3v) is 5.59. The largest absolute Gasteiger partial charge is 0.341 e. The second-order valence-electron chi connectivity index (χ2n) is 5.98. The molecule has 2 heterocycles. The lowest BCUT2D eigenvalue weighted by molar-refractivity contribution is -0.133. The van der Waals surface area contributed by atoms with Gasteiger partial charge in [0, 0.05) is 31.9 Å². The summed E-state index contributed by atoms with van der Waals surface area (Å²) in [4.78, 5) is 14.1. The van der Waals surface area contributed by atoms with E-state index in [-0.39, 0.29) is 18.5 Å². The Bertz CT molecular complexity index is 645. The van der Waals surface area contributed by atoms with Gasteiger partial charge in [0.05, 0.1) is 11.9 Å². The van der Waals surface area contributed by atoms with Crippen molar-refractivity contribution < 1.29 is 13.2 Å². The summed E-state index contributed by atoms with van der Waals surface area (Å²) in [6.07, 6.45) is 2.56. The predicted octanol–water partition coefficient (Wildman–Crippen LogP) is 0.382. The van der Waals surface area contributed by atoms with E-state index < -0.39 is 10.0 Å². The summed E-state index contributed by atoms with van der Waals surface area (Å²) in [5, 5.41) is 4.30. The summed E-state index contributed by atoms with van der Waals surface area (Å²) in [5.41, 5.74) is 1.87. The molecular formula is C14H24N4O3S. The van der Waals surface area contributed by atoms with E-state index in [1.54, 1.807) is 16.6 Å². The van der Waals surface area contributed by atoms with Crippen LogP contribution in [0.2, 0.25) is 0 Å². The van der Waals surface area contributed by atoms with Crippen molar-refractivity contribution in [2.24, 2.45) is 0 Å². The number of hydrogen-bond acceptors (Lipinski definition) is 4. The van der Waals surface area contributed by atoms with Crippen molar-refractivity contribution in [2.75, 3.05) is 26.4 Å². The summed E-state index contributed by atoms with van der Waals surface area (Å²) in [5.74, 6) is 0.0339. The Morgan fingerprint density at radius 2 is 1.95 bits per heavy atom. The molecule has 1 aromatic heterocycles. The molecule has 0 radical (unpaired) electrons. The number of piperidine rings is 1. The SMILES string of the molecule is Cc1cc(C)n(CC(=O)N2CCC(N(C)S(C)(=O)=O)CC2)n1. The molecule has 1 fully saturated rings. The summed E-state index contributed by atoms with van der Waals surface area (Å²) in [7, 11) is -1.57. The molecule has 0 bridgehead atoms. The zero-order valence-corrected chi connectivity index (χ0v) is 14.4. The first-order chi connectivity index (χ1) is 10.2. The molecule has 1 aliphatic heterocycles. The quantitative estimate of drug-likeness (QED) is 0.801. The molecule has 0 saturated carbocycles. The van der Waals surface area contributed by atoms with Gasteiger partial charge >= 0.3 is 0 Å². The van der Waals surface area contributed by atoms with Gasteiger partial charge in [0.1, 0.15) is 6.54 Å². The van der Waals surface area contributed by atoms with Gasteiger partial charge in [0.25, 0.3) is 0 Å².